The molecule has 3 aromatic carbocycles. The number of fused-ring (bicyclic) bond motifs is 1. The highest BCUT2D eigenvalue weighted by Crippen LogP contribution is 2.43. The quantitative estimate of drug-likeness (QED) is 0.170. The van der Waals surface area contributed by atoms with E-state index >= 15 is 0 Å². The van der Waals surface area contributed by atoms with E-state index in [0.29, 0.717) is 4.31 Å². The van der Waals surface area contributed by atoms with Crippen LogP contribution in [-0.4, -0.2) is 79.0 Å². The minimum atomic E-state index is -5.06. The summed E-state index contributed by atoms with van der Waals surface area (Å²) in [5.74, 6) is -1.78. The van der Waals surface area contributed by atoms with Crippen molar-refractivity contribution in [2.75, 3.05) is 30.8 Å². The summed E-state index contributed by atoms with van der Waals surface area (Å²) in [5.41, 5.74) is -1.46. The third-order valence-corrected chi connectivity index (χ3v) is 9.31. The fourth-order valence-electron chi connectivity index (χ4n) is 3.37. The maximum atomic E-state index is 12.6. The maximum Gasteiger partial charge on any atom is 0.397 e. The molecular weight excluding hydrogens is 634 g/mol. The minimum absolute atomic E-state index is 0.0126. The van der Waals surface area contributed by atoms with Crippen LogP contribution in [0.2, 0.25) is 0 Å². The highest BCUT2D eigenvalue weighted by molar-refractivity contribution is 7.92. The third kappa shape index (κ3) is 7.65. The monoisotopic (exact) mass is 655 g/mol. The van der Waals surface area contributed by atoms with Gasteiger partial charge in [0, 0.05) is 18.5 Å². The van der Waals surface area contributed by atoms with Crippen LogP contribution in [0.1, 0.15) is 0 Å². The van der Waals surface area contributed by atoms with Gasteiger partial charge in [-0.25, -0.2) is 12.6 Å². The molecule has 0 heterocycles. The van der Waals surface area contributed by atoms with Gasteiger partial charge in [0.25, 0.3) is 20.2 Å². The van der Waals surface area contributed by atoms with Gasteiger partial charge in [-0.2, -0.15) is 25.3 Å². The van der Waals surface area contributed by atoms with Crippen LogP contribution >= 0.6 is 0 Å². The Bertz CT molecular complexity index is 1970. The van der Waals surface area contributed by atoms with Gasteiger partial charge in [-0.15, -0.1) is 10.2 Å². The lowest BCUT2D eigenvalue weighted by Gasteiger charge is -2.20. The SMILES string of the molecule is COc1ccc(N=Nc2c(S(=O)(=O)O)cc3ccc(N(C)S(=O)(=O)CCOS(=O)(=O)O)cc3c2O)c(S(=O)(=O)O)c1. The van der Waals surface area contributed by atoms with Crippen molar-refractivity contribution in [2.24, 2.45) is 10.2 Å². The maximum absolute atomic E-state index is 12.6. The standard InChI is InChI=1S/C20H21N3O14S4/c1-23(38(25,26)8-7-37-41(33,34)35)13-4-3-12-9-18(40(30,31)32)19(20(24)15(12)10-13)22-21-16-6-5-14(36-2)11-17(16)39(27,28)29/h3-6,9-11,24H,7-8H2,1-2H3,(H,27,28,29)(H,30,31,32)(H,33,34,35). The number of benzene rings is 3. The molecule has 4 N–H and O–H groups in total. The van der Waals surface area contributed by atoms with Crippen molar-refractivity contribution in [3.05, 3.63) is 42.5 Å². The number of azo groups is 1. The molecule has 0 saturated heterocycles. The van der Waals surface area contributed by atoms with Crippen molar-refractivity contribution < 1.29 is 61.4 Å². The van der Waals surface area contributed by atoms with Gasteiger partial charge < -0.3 is 9.84 Å². The molecule has 3 aromatic rings. The molecule has 17 nitrogen and oxygen atoms in total. The van der Waals surface area contributed by atoms with Crippen molar-refractivity contribution >= 4 is 68.5 Å². The van der Waals surface area contributed by atoms with Crippen molar-refractivity contribution in [1.82, 2.24) is 0 Å². The number of hydrogen-bond donors (Lipinski definition) is 4. The number of rotatable bonds is 11. The zero-order valence-electron chi connectivity index (χ0n) is 20.8. The summed E-state index contributed by atoms with van der Waals surface area (Å²) >= 11 is 0. The second-order valence-electron chi connectivity index (χ2n) is 7.99. The van der Waals surface area contributed by atoms with Crippen LogP contribution in [0, 0.1) is 0 Å². The number of phenols is 1. The molecule has 0 aliphatic rings. The average Bonchev–Trinajstić information content (AvgIpc) is 2.85. The van der Waals surface area contributed by atoms with E-state index in [0.717, 1.165) is 31.3 Å². The Balaban J connectivity index is 2.16. The first-order chi connectivity index (χ1) is 18.7. The van der Waals surface area contributed by atoms with Gasteiger partial charge in [0.05, 0.1) is 25.2 Å². The summed E-state index contributed by atoms with van der Waals surface area (Å²) in [6.07, 6.45) is 0. The molecule has 0 aromatic heterocycles. The van der Waals surface area contributed by atoms with E-state index in [9.17, 15) is 47.9 Å². The van der Waals surface area contributed by atoms with Crippen molar-refractivity contribution in [2.45, 2.75) is 9.79 Å². The van der Waals surface area contributed by atoms with Gasteiger partial charge in [-0.1, -0.05) is 6.07 Å². The number of sulfonamides is 1. The lowest BCUT2D eigenvalue weighted by molar-refractivity contribution is 0.284. The second kappa shape index (κ2) is 11.4. The number of phenolic OH excluding ortho intramolecular Hbond substituents is 1. The van der Waals surface area contributed by atoms with Crippen LogP contribution in [-0.2, 0) is 44.8 Å². The Labute approximate surface area is 234 Å². The summed E-state index contributed by atoms with van der Waals surface area (Å²) < 4.78 is 132. The topological polar surface area (TPSA) is 264 Å². The van der Waals surface area contributed by atoms with Crippen molar-refractivity contribution in [1.29, 1.82) is 0 Å². The second-order valence-corrected chi connectivity index (χ2v) is 14.0. The summed E-state index contributed by atoms with van der Waals surface area (Å²) in [6.45, 7) is -0.913. The molecule has 0 bridgehead atoms. The van der Waals surface area contributed by atoms with Crippen LogP contribution in [0.4, 0.5) is 17.1 Å². The molecule has 0 aliphatic heterocycles. The Morgan fingerprint density at radius 2 is 1.46 bits per heavy atom. The molecule has 0 unspecified atom stereocenters. The molecule has 0 atom stereocenters. The summed E-state index contributed by atoms with van der Waals surface area (Å²) in [7, 11) is -16.8. The number of aromatic hydroxyl groups is 1. The van der Waals surface area contributed by atoms with E-state index in [-0.39, 0.29) is 22.2 Å². The molecule has 3 rings (SSSR count). The molecule has 0 amide bonds. The minimum Gasteiger partial charge on any atom is -0.505 e. The lowest BCUT2D eigenvalue weighted by Crippen LogP contribution is -2.31. The largest absolute Gasteiger partial charge is 0.505 e. The normalized spacial score (nSPS) is 13.1. The Morgan fingerprint density at radius 1 is 0.829 bits per heavy atom. The zero-order chi connectivity index (χ0) is 31.0. The van der Waals surface area contributed by atoms with Crippen LogP contribution in [0.25, 0.3) is 10.8 Å². The van der Waals surface area contributed by atoms with E-state index in [1.807, 2.05) is 0 Å². The van der Waals surface area contributed by atoms with Gasteiger partial charge in [-0.05, 0) is 35.7 Å². The fourth-order valence-corrected chi connectivity index (χ4v) is 6.07. The molecule has 0 fully saturated rings. The molecule has 0 aliphatic carbocycles. The number of hydrogen-bond acceptors (Lipinski definition) is 13. The highest BCUT2D eigenvalue weighted by Gasteiger charge is 2.25. The summed E-state index contributed by atoms with van der Waals surface area (Å²) in [6, 6.07) is 7.58. The molecule has 0 saturated carbocycles. The van der Waals surface area contributed by atoms with Crippen molar-refractivity contribution in [3.63, 3.8) is 0 Å². The van der Waals surface area contributed by atoms with E-state index < -0.39 is 79.9 Å². The van der Waals surface area contributed by atoms with Crippen molar-refractivity contribution in [3.8, 4) is 11.5 Å². The number of nitrogens with zero attached hydrogens (tertiary/aromatic N) is 3. The Morgan fingerprint density at radius 3 is 2.02 bits per heavy atom. The first kappa shape index (κ1) is 32.1. The Kier molecular flexibility index (Phi) is 8.95. The van der Waals surface area contributed by atoms with E-state index in [1.54, 1.807) is 0 Å². The molecule has 0 radical (unpaired) electrons. The molecule has 21 heteroatoms. The smallest absolute Gasteiger partial charge is 0.397 e. The van der Waals surface area contributed by atoms with Gasteiger partial charge in [-0.3, -0.25) is 18.0 Å². The zero-order valence-corrected chi connectivity index (χ0v) is 24.1. The van der Waals surface area contributed by atoms with Gasteiger partial charge in [0.2, 0.25) is 10.0 Å². The van der Waals surface area contributed by atoms with E-state index in [1.165, 1.54) is 25.3 Å². The molecule has 0 spiro atoms. The molecule has 41 heavy (non-hydrogen) atoms. The Hall–Kier alpha value is -3.44. The van der Waals surface area contributed by atoms with E-state index in [2.05, 4.69) is 14.4 Å². The van der Waals surface area contributed by atoms with Crippen LogP contribution in [0.3, 0.4) is 0 Å². The number of ether oxygens (including phenoxy) is 1. The first-order valence-corrected chi connectivity index (χ1v) is 16.5. The first-order valence-electron chi connectivity index (χ1n) is 10.7. The third-order valence-electron chi connectivity index (χ3n) is 5.37. The van der Waals surface area contributed by atoms with Gasteiger partial charge in [0.1, 0.15) is 26.9 Å². The van der Waals surface area contributed by atoms with Crippen LogP contribution < -0.4 is 9.04 Å². The highest BCUT2D eigenvalue weighted by atomic mass is 32.3. The van der Waals surface area contributed by atoms with E-state index in [4.69, 9.17) is 9.29 Å². The van der Waals surface area contributed by atoms with Crippen LogP contribution in [0.15, 0.2) is 62.5 Å². The summed E-state index contributed by atoms with van der Waals surface area (Å²) in [4.78, 5) is -1.72. The predicted octanol–water partition coefficient (Wildman–Crippen LogP) is 2.05. The fraction of sp³-hybridized carbons (Fsp3) is 0.200. The average molecular weight is 656 g/mol. The molecular formula is C20H21N3O14S4. The van der Waals surface area contributed by atoms with Crippen LogP contribution in [0.5, 0.6) is 11.5 Å². The number of methoxy groups -OCH3 is 1. The molecule has 224 valence electrons. The summed E-state index contributed by atoms with van der Waals surface area (Å²) in [5, 5.41) is 17.9. The van der Waals surface area contributed by atoms with Gasteiger partial charge >= 0.3 is 10.4 Å². The predicted molar refractivity (Wildman–Crippen MR) is 142 cm³/mol. The van der Waals surface area contributed by atoms with Gasteiger partial charge in [0.15, 0.2) is 5.75 Å². The lowest BCUT2D eigenvalue weighted by atomic mass is 10.1. The number of anilines is 1.